The summed E-state index contributed by atoms with van der Waals surface area (Å²) in [5, 5.41) is 2.89. The molecular formula is C21H18F6N3OPS. The molecule has 0 saturated heterocycles. The smallest absolute Gasteiger partial charge is 0.324 e. The summed E-state index contributed by atoms with van der Waals surface area (Å²) >= 11 is 0.540. The molecule has 0 bridgehead atoms. The van der Waals surface area contributed by atoms with Gasteiger partial charge in [-0.15, -0.1) is 11.8 Å². The fourth-order valence-corrected chi connectivity index (χ4v) is 4.72. The number of thioether (sulfide) groups is 1. The first-order chi connectivity index (χ1) is 15.2. The highest BCUT2D eigenvalue weighted by atomic mass is 32.2. The van der Waals surface area contributed by atoms with Crippen LogP contribution in [-0.4, -0.2) is 23.3 Å². The van der Waals surface area contributed by atoms with Gasteiger partial charge in [0.2, 0.25) is 5.95 Å². The quantitative estimate of drug-likeness (QED) is 0.173. The Labute approximate surface area is 190 Å². The van der Waals surface area contributed by atoms with E-state index in [1.54, 1.807) is 37.6 Å². The lowest BCUT2D eigenvalue weighted by molar-refractivity contribution is -0.140. The highest BCUT2D eigenvalue weighted by Crippen LogP contribution is 2.39. The van der Waals surface area contributed by atoms with Crippen LogP contribution in [0.2, 0.25) is 0 Å². The Morgan fingerprint density at radius 2 is 1.52 bits per heavy atom. The van der Waals surface area contributed by atoms with Crippen LogP contribution in [0, 0.1) is 0 Å². The zero-order valence-electron chi connectivity index (χ0n) is 17.3. The average molecular weight is 505 g/mol. The third-order valence-electron chi connectivity index (χ3n) is 4.49. The second kappa shape index (κ2) is 9.38. The monoisotopic (exact) mass is 505 g/mol. The number of anilines is 2. The molecule has 0 aliphatic rings. The van der Waals surface area contributed by atoms with Crippen molar-refractivity contribution in [1.29, 1.82) is 0 Å². The van der Waals surface area contributed by atoms with Crippen molar-refractivity contribution in [2.75, 3.05) is 18.6 Å². The van der Waals surface area contributed by atoms with E-state index in [1.807, 2.05) is 0 Å². The number of hydrogen-bond donors (Lipinski definition) is 1. The first kappa shape index (κ1) is 25.1. The topological polar surface area (TPSA) is 54.9 Å². The van der Waals surface area contributed by atoms with Gasteiger partial charge in [-0.05, 0) is 49.2 Å². The highest BCUT2D eigenvalue weighted by Gasteiger charge is 2.36. The molecule has 2 aromatic carbocycles. The van der Waals surface area contributed by atoms with Gasteiger partial charge >= 0.3 is 12.4 Å². The molecule has 1 N–H and O–H groups in total. The first-order valence-corrected chi connectivity index (χ1v) is 13.0. The van der Waals surface area contributed by atoms with E-state index >= 15 is 0 Å². The SMILES string of the molecule is CP(C)(=O)c1ccc(Nc2ncc(C(F)(F)F)c(SCc3ccccc3C(F)(F)F)n2)cc1. The molecule has 12 heteroatoms. The molecule has 176 valence electrons. The summed E-state index contributed by atoms with van der Waals surface area (Å²) in [7, 11) is -2.48. The molecule has 0 spiro atoms. The minimum atomic E-state index is -4.78. The Bertz CT molecular complexity index is 1180. The summed E-state index contributed by atoms with van der Waals surface area (Å²) in [5.74, 6) is -0.523. The molecule has 0 fully saturated rings. The fraction of sp³-hybridized carbons (Fsp3) is 0.238. The molecule has 3 aromatic rings. The van der Waals surface area contributed by atoms with E-state index in [1.165, 1.54) is 18.2 Å². The predicted octanol–water partition coefficient (Wildman–Crippen LogP) is 6.80. The second-order valence-corrected chi connectivity index (χ2v) is 11.6. The predicted molar refractivity (Wildman–Crippen MR) is 117 cm³/mol. The van der Waals surface area contributed by atoms with Gasteiger partial charge in [0.05, 0.1) is 5.56 Å². The number of halogens is 6. The van der Waals surface area contributed by atoms with Crippen molar-refractivity contribution in [2.24, 2.45) is 0 Å². The Morgan fingerprint density at radius 1 is 0.909 bits per heavy atom. The van der Waals surface area contributed by atoms with E-state index in [0.29, 0.717) is 29.0 Å². The standard InChI is InChI=1S/C21H18F6N3OPS/c1-32(2,31)15-9-7-14(8-10-15)29-19-28-11-17(21(25,26)27)18(30-19)33-12-13-5-3-4-6-16(13)20(22,23)24/h3-11H,12H2,1-2H3,(H,28,29,30). The first-order valence-electron chi connectivity index (χ1n) is 9.40. The maximum Gasteiger partial charge on any atom is 0.420 e. The average Bonchev–Trinajstić information content (AvgIpc) is 2.71. The number of nitrogens with zero attached hydrogens (tertiary/aromatic N) is 2. The Balaban J connectivity index is 1.88. The van der Waals surface area contributed by atoms with Gasteiger partial charge in [0.1, 0.15) is 17.7 Å². The van der Waals surface area contributed by atoms with Crippen molar-refractivity contribution < 1.29 is 30.9 Å². The molecule has 33 heavy (non-hydrogen) atoms. The van der Waals surface area contributed by atoms with Crippen LogP contribution in [0.5, 0.6) is 0 Å². The van der Waals surface area contributed by atoms with Gasteiger partial charge < -0.3 is 9.88 Å². The number of nitrogens with one attached hydrogen (secondary N) is 1. The summed E-state index contributed by atoms with van der Waals surface area (Å²) in [6, 6.07) is 11.1. The van der Waals surface area contributed by atoms with Crippen LogP contribution in [0.1, 0.15) is 16.7 Å². The normalized spacial score (nSPS) is 12.6. The molecule has 0 amide bonds. The number of benzene rings is 2. The summed E-state index contributed by atoms with van der Waals surface area (Å²) in [6.07, 6.45) is -8.82. The third kappa shape index (κ3) is 6.51. The molecule has 1 aromatic heterocycles. The minimum absolute atomic E-state index is 0.154. The van der Waals surface area contributed by atoms with Gasteiger partial charge in [-0.3, -0.25) is 0 Å². The van der Waals surface area contributed by atoms with Crippen molar-refractivity contribution in [3.05, 3.63) is 71.4 Å². The van der Waals surface area contributed by atoms with Crippen LogP contribution in [0.25, 0.3) is 0 Å². The fourth-order valence-electron chi connectivity index (χ4n) is 2.83. The summed E-state index contributed by atoms with van der Waals surface area (Å²) in [6.45, 7) is 3.21. The van der Waals surface area contributed by atoms with Crippen molar-refractivity contribution >= 4 is 35.8 Å². The molecular weight excluding hydrogens is 487 g/mol. The number of hydrogen-bond acceptors (Lipinski definition) is 5. The van der Waals surface area contributed by atoms with Crippen molar-refractivity contribution in [2.45, 2.75) is 23.1 Å². The zero-order valence-corrected chi connectivity index (χ0v) is 19.0. The third-order valence-corrected chi connectivity index (χ3v) is 7.07. The molecule has 0 aliphatic carbocycles. The van der Waals surface area contributed by atoms with Gasteiger partial charge in [-0.1, -0.05) is 18.2 Å². The lowest BCUT2D eigenvalue weighted by atomic mass is 10.1. The summed E-state index contributed by atoms with van der Waals surface area (Å²) in [5.41, 5.74) is -1.76. The van der Waals surface area contributed by atoms with Gasteiger partial charge in [0, 0.05) is 22.9 Å². The van der Waals surface area contributed by atoms with E-state index in [0.717, 1.165) is 6.07 Å². The van der Waals surface area contributed by atoms with E-state index in [2.05, 4.69) is 15.3 Å². The van der Waals surface area contributed by atoms with Crippen molar-refractivity contribution in [1.82, 2.24) is 9.97 Å². The summed E-state index contributed by atoms with van der Waals surface area (Å²) < 4.78 is 92.0. The Kier molecular flexibility index (Phi) is 7.14. The minimum Gasteiger partial charge on any atom is -0.324 e. The maximum atomic E-state index is 13.4. The highest BCUT2D eigenvalue weighted by molar-refractivity contribution is 7.98. The second-order valence-electron chi connectivity index (χ2n) is 7.38. The molecule has 0 aliphatic heterocycles. The Morgan fingerprint density at radius 3 is 2.09 bits per heavy atom. The number of alkyl halides is 6. The lowest BCUT2D eigenvalue weighted by Crippen LogP contribution is -2.11. The van der Waals surface area contributed by atoms with Crippen LogP contribution in [0.4, 0.5) is 38.0 Å². The lowest BCUT2D eigenvalue weighted by Gasteiger charge is -2.15. The van der Waals surface area contributed by atoms with Crippen molar-refractivity contribution in [3.63, 3.8) is 0 Å². The molecule has 0 radical (unpaired) electrons. The molecule has 0 saturated carbocycles. The molecule has 0 unspecified atom stereocenters. The van der Waals surface area contributed by atoms with Crippen LogP contribution >= 0.6 is 18.9 Å². The largest absolute Gasteiger partial charge is 0.420 e. The van der Waals surface area contributed by atoms with E-state index in [4.69, 9.17) is 0 Å². The molecule has 0 atom stereocenters. The molecule has 4 nitrogen and oxygen atoms in total. The van der Waals surface area contributed by atoms with Gasteiger partial charge in [-0.25, -0.2) is 9.97 Å². The Hall–Kier alpha value is -2.52. The summed E-state index contributed by atoms with van der Waals surface area (Å²) in [4.78, 5) is 7.59. The van der Waals surface area contributed by atoms with Crippen LogP contribution in [0.3, 0.4) is 0 Å². The van der Waals surface area contributed by atoms with E-state index < -0.39 is 35.6 Å². The molecule has 1 heterocycles. The van der Waals surface area contributed by atoms with Gasteiger partial charge in [-0.2, -0.15) is 26.3 Å². The van der Waals surface area contributed by atoms with Crippen LogP contribution < -0.4 is 10.6 Å². The van der Waals surface area contributed by atoms with Gasteiger partial charge in [0.25, 0.3) is 0 Å². The maximum absolute atomic E-state index is 13.4. The van der Waals surface area contributed by atoms with Crippen LogP contribution in [0.15, 0.2) is 59.8 Å². The zero-order chi connectivity index (χ0) is 24.4. The van der Waals surface area contributed by atoms with Crippen molar-refractivity contribution in [3.8, 4) is 0 Å². The van der Waals surface area contributed by atoms with Gasteiger partial charge in [0.15, 0.2) is 0 Å². The number of rotatable bonds is 6. The van der Waals surface area contributed by atoms with E-state index in [9.17, 15) is 30.9 Å². The number of aromatic nitrogens is 2. The molecule has 3 rings (SSSR count). The van der Waals surface area contributed by atoms with E-state index in [-0.39, 0.29) is 17.3 Å². The van der Waals surface area contributed by atoms with Crippen LogP contribution in [-0.2, 0) is 22.7 Å².